The second-order valence-electron chi connectivity index (χ2n) is 4.04. The smallest absolute Gasteiger partial charge is 0.320 e. The maximum atomic E-state index is 10.8. The van der Waals surface area contributed by atoms with Gasteiger partial charge < -0.3 is 5.11 Å². The summed E-state index contributed by atoms with van der Waals surface area (Å²) in [7, 11) is 0. The van der Waals surface area contributed by atoms with Crippen molar-refractivity contribution >= 4 is 5.97 Å². The molecule has 1 aliphatic heterocycles. The summed E-state index contributed by atoms with van der Waals surface area (Å²) in [5.41, 5.74) is 2.45. The Kier molecular flexibility index (Phi) is 2.73. The average Bonchev–Trinajstić information content (AvgIpc) is 2.67. The fourth-order valence-corrected chi connectivity index (χ4v) is 2.16. The lowest BCUT2D eigenvalue weighted by Crippen LogP contribution is -2.31. The van der Waals surface area contributed by atoms with E-state index < -0.39 is 5.97 Å². The molecule has 1 saturated heterocycles. The van der Waals surface area contributed by atoms with Crippen LogP contribution in [0.1, 0.15) is 30.0 Å². The summed E-state index contributed by atoms with van der Waals surface area (Å²) in [6.45, 7) is 2.06. The molecule has 2 atom stereocenters. The summed E-state index contributed by atoms with van der Waals surface area (Å²) in [5.74, 6) is -0.744. The first-order chi connectivity index (χ1) is 7.18. The maximum absolute atomic E-state index is 10.8. The van der Waals surface area contributed by atoms with Crippen molar-refractivity contribution in [3.63, 3.8) is 0 Å². The maximum Gasteiger partial charge on any atom is 0.320 e. The van der Waals surface area contributed by atoms with Crippen LogP contribution in [-0.4, -0.2) is 17.1 Å². The largest absolute Gasteiger partial charge is 0.480 e. The number of nitrogens with one attached hydrogen (secondary N) is 1. The molecule has 0 aromatic heterocycles. The van der Waals surface area contributed by atoms with Gasteiger partial charge in [-0.3, -0.25) is 10.1 Å². The van der Waals surface area contributed by atoms with Gasteiger partial charge in [0.2, 0.25) is 0 Å². The monoisotopic (exact) mass is 205 g/mol. The second kappa shape index (κ2) is 4.03. The number of carboxylic acids is 1. The van der Waals surface area contributed by atoms with Crippen molar-refractivity contribution in [2.45, 2.75) is 31.8 Å². The predicted octanol–water partition coefficient (Wildman–Crippen LogP) is 1.87. The van der Waals surface area contributed by atoms with Crippen LogP contribution >= 0.6 is 0 Å². The minimum Gasteiger partial charge on any atom is -0.480 e. The number of hydrogen-bond donors (Lipinski definition) is 2. The predicted molar refractivity (Wildman–Crippen MR) is 57.7 cm³/mol. The lowest BCUT2D eigenvalue weighted by Gasteiger charge is -2.14. The van der Waals surface area contributed by atoms with Crippen LogP contribution in [-0.2, 0) is 4.79 Å². The van der Waals surface area contributed by atoms with E-state index in [1.807, 2.05) is 12.1 Å². The van der Waals surface area contributed by atoms with Crippen LogP contribution in [0, 0.1) is 6.92 Å². The van der Waals surface area contributed by atoms with Crippen molar-refractivity contribution < 1.29 is 9.90 Å². The Balaban J connectivity index is 2.14. The molecule has 1 aliphatic rings. The van der Waals surface area contributed by atoms with Crippen LogP contribution in [0.15, 0.2) is 24.3 Å². The summed E-state index contributed by atoms with van der Waals surface area (Å²) in [5, 5.41) is 12.0. The van der Waals surface area contributed by atoms with E-state index in [2.05, 4.69) is 24.4 Å². The van der Waals surface area contributed by atoms with Gasteiger partial charge in [-0.15, -0.1) is 0 Å². The van der Waals surface area contributed by atoms with E-state index in [9.17, 15) is 4.79 Å². The molecule has 0 radical (unpaired) electrons. The minimum atomic E-state index is -0.744. The van der Waals surface area contributed by atoms with Crippen LogP contribution in [0.25, 0.3) is 0 Å². The highest BCUT2D eigenvalue weighted by atomic mass is 16.4. The summed E-state index contributed by atoms with van der Waals surface area (Å²) < 4.78 is 0. The zero-order valence-electron chi connectivity index (χ0n) is 8.73. The average molecular weight is 205 g/mol. The molecule has 80 valence electrons. The lowest BCUT2D eigenvalue weighted by atomic mass is 10.0. The summed E-state index contributed by atoms with van der Waals surface area (Å²) in [4.78, 5) is 10.8. The fourth-order valence-electron chi connectivity index (χ4n) is 2.16. The first-order valence-corrected chi connectivity index (χ1v) is 5.23. The number of aryl methyl sites for hydroxylation is 1. The molecule has 3 heteroatoms. The molecule has 0 spiro atoms. The van der Waals surface area contributed by atoms with Crippen molar-refractivity contribution in [1.82, 2.24) is 5.32 Å². The van der Waals surface area contributed by atoms with Gasteiger partial charge in [0.15, 0.2) is 0 Å². The second-order valence-corrected chi connectivity index (χ2v) is 4.04. The first kappa shape index (κ1) is 10.2. The number of carbonyl (C=O) groups is 1. The third-order valence-corrected chi connectivity index (χ3v) is 3.01. The highest BCUT2D eigenvalue weighted by molar-refractivity contribution is 5.74. The summed E-state index contributed by atoms with van der Waals surface area (Å²) >= 11 is 0. The van der Waals surface area contributed by atoms with Gasteiger partial charge in [-0.25, -0.2) is 0 Å². The molecular formula is C12H15NO2. The topological polar surface area (TPSA) is 49.3 Å². The molecule has 2 N–H and O–H groups in total. The molecule has 0 aliphatic carbocycles. The van der Waals surface area contributed by atoms with E-state index in [0.29, 0.717) is 6.42 Å². The Hall–Kier alpha value is -1.35. The van der Waals surface area contributed by atoms with Gasteiger partial charge in [-0.2, -0.15) is 0 Å². The minimum absolute atomic E-state index is 0.201. The van der Waals surface area contributed by atoms with Crippen molar-refractivity contribution in [3.8, 4) is 0 Å². The van der Waals surface area contributed by atoms with Crippen molar-refractivity contribution in [2.24, 2.45) is 0 Å². The quantitative estimate of drug-likeness (QED) is 0.775. The molecule has 3 nitrogen and oxygen atoms in total. The summed E-state index contributed by atoms with van der Waals surface area (Å²) in [6, 6.07) is 7.95. The molecule has 0 bridgehead atoms. The van der Waals surface area contributed by atoms with Crippen LogP contribution < -0.4 is 5.32 Å². The van der Waals surface area contributed by atoms with Crippen LogP contribution in [0.2, 0.25) is 0 Å². The van der Waals surface area contributed by atoms with E-state index in [4.69, 9.17) is 5.11 Å². The molecule has 1 fully saturated rings. The van der Waals surface area contributed by atoms with E-state index in [0.717, 1.165) is 6.42 Å². The molecule has 1 heterocycles. The van der Waals surface area contributed by atoms with E-state index >= 15 is 0 Å². The van der Waals surface area contributed by atoms with Crippen molar-refractivity contribution in [3.05, 3.63) is 35.4 Å². The Bertz CT molecular complexity index is 376. The normalized spacial score (nSPS) is 25.4. The van der Waals surface area contributed by atoms with E-state index in [-0.39, 0.29) is 12.1 Å². The van der Waals surface area contributed by atoms with Gasteiger partial charge in [0, 0.05) is 6.04 Å². The number of rotatable bonds is 2. The Morgan fingerprint density at radius 1 is 1.40 bits per heavy atom. The van der Waals surface area contributed by atoms with Crippen LogP contribution in [0.5, 0.6) is 0 Å². The van der Waals surface area contributed by atoms with Gasteiger partial charge in [0.05, 0.1) is 0 Å². The van der Waals surface area contributed by atoms with Gasteiger partial charge >= 0.3 is 5.97 Å². The standard InChI is InChI=1S/C12H15NO2/c1-8-4-2-3-5-9(8)10-6-7-11(13-10)12(14)15/h2-5,10-11,13H,6-7H2,1H3,(H,14,15). The number of benzene rings is 1. The van der Waals surface area contributed by atoms with E-state index in [1.165, 1.54) is 11.1 Å². The molecule has 15 heavy (non-hydrogen) atoms. The number of aliphatic carboxylic acids is 1. The van der Waals surface area contributed by atoms with Crippen molar-refractivity contribution in [2.75, 3.05) is 0 Å². The van der Waals surface area contributed by atoms with Gasteiger partial charge in [-0.1, -0.05) is 24.3 Å². The fraction of sp³-hybridized carbons (Fsp3) is 0.417. The Morgan fingerprint density at radius 3 is 2.73 bits per heavy atom. The van der Waals surface area contributed by atoms with Gasteiger partial charge in [-0.05, 0) is 30.9 Å². The molecule has 1 aromatic carbocycles. The Labute approximate surface area is 89.1 Å². The third kappa shape index (κ3) is 2.02. The SMILES string of the molecule is Cc1ccccc1C1CCC(C(=O)O)N1. The molecule has 1 aromatic rings. The molecule has 0 saturated carbocycles. The number of hydrogen-bond acceptors (Lipinski definition) is 2. The highest BCUT2D eigenvalue weighted by Crippen LogP contribution is 2.28. The zero-order valence-corrected chi connectivity index (χ0v) is 8.73. The van der Waals surface area contributed by atoms with Gasteiger partial charge in [0.1, 0.15) is 6.04 Å². The first-order valence-electron chi connectivity index (χ1n) is 5.23. The zero-order chi connectivity index (χ0) is 10.8. The van der Waals surface area contributed by atoms with Crippen molar-refractivity contribution in [1.29, 1.82) is 0 Å². The molecular weight excluding hydrogens is 190 g/mol. The molecule has 2 rings (SSSR count). The highest BCUT2D eigenvalue weighted by Gasteiger charge is 2.29. The van der Waals surface area contributed by atoms with E-state index in [1.54, 1.807) is 0 Å². The molecule has 0 amide bonds. The van der Waals surface area contributed by atoms with Crippen LogP contribution in [0.4, 0.5) is 0 Å². The van der Waals surface area contributed by atoms with Gasteiger partial charge in [0.25, 0.3) is 0 Å². The third-order valence-electron chi connectivity index (χ3n) is 3.01. The lowest BCUT2D eigenvalue weighted by molar-refractivity contribution is -0.139. The Morgan fingerprint density at radius 2 is 2.13 bits per heavy atom. The number of carboxylic acid groups (broad SMARTS) is 1. The van der Waals surface area contributed by atoms with Crippen LogP contribution in [0.3, 0.4) is 0 Å². The summed E-state index contributed by atoms with van der Waals surface area (Å²) in [6.07, 6.45) is 1.62. The molecule has 2 unspecified atom stereocenters.